The summed E-state index contributed by atoms with van der Waals surface area (Å²) in [5.41, 5.74) is 0. The maximum Gasteiger partial charge on any atom is 0.0171 e. The Labute approximate surface area is 63.2 Å². The number of hydrazine groups is 1. The molecule has 1 aliphatic rings. The van der Waals surface area contributed by atoms with Crippen LogP contribution in [-0.4, -0.2) is 37.2 Å². The second-order valence-electron chi connectivity index (χ2n) is 2.82. The van der Waals surface area contributed by atoms with Crippen LogP contribution in [0.3, 0.4) is 0 Å². The molecule has 0 radical (unpaired) electrons. The van der Waals surface area contributed by atoms with Gasteiger partial charge in [-0.05, 0) is 5.92 Å². The fourth-order valence-corrected chi connectivity index (χ4v) is 0.993. The number of hydrogen-bond acceptors (Lipinski definition) is 2. The molecule has 9 heavy (non-hydrogen) atoms. The zero-order valence-corrected chi connectivity index (χ0v) is 7.11. The molecule has 0 amide bonds. The molecule has 0 unspecified atom stereocenters. The highest BCUT2D eigenvalue weighted by Gasteiger charge is 2.23. The molecule has 0 bridgehead atoms. The highest BCUT2D eigenvalue weighted by molar-refractivity contribution is 5.85. The zero-order valence-electron chi connectivity index (χ0n) is 6.29. The fourth-order valence-electron chi connectivity index (χ4n) is 0.993. The van der Waals surface area contributed by atoms with Crippen molar-refractivity contribution in [1.82, 2.24) is 10.0 Å². The second-order valence-corrected chi connectivity index (χ2v) is 2.82. The van der Waals surface area contributed by atoms with Gasteiger partial charge in [0.05, 0.1) is 0 Å². The van der Waals surface area contributed by atoms with Gasteiger partial charge in [-0.2, -0.15) is 0 Å². The summed E-state index contributed by atoms with van der Waals surface area (Å²) in [5.74, 6) is 0.914. The molecule has 1 aliphatic heterocycles. The van der Waals surface area contributed by atoms with Crippen molar-refractivity contribution in [1.29, 1.82) is 0 Å². The monoisotopic (exact) mass is 150 g/mol. The third-order valence-electron chi connectivity index (χ3n) is 1.61. The van der Waals surface area contributed by atoms with Crippen molar-refractivity contribution in [2.24, 2.45) is 5.92 Å². The van der Waals surface area contributed by atoms with E-state index in [4.69, 9.17) is 0 Å². The SMILES string of the molecule is CC1CN(N(C)C)C1.Cl. The first-order valence-corrected chi connectivity index (χ1v) is 3.12. The van der Waals surface area contributed by atoms with Gasteiger partial charge in [-0.25, -0.2) is 10.0 Å². The predicted molar refractivity (Wildman–Crippen MR) is 41.7 cm³/mol. The van der Waals surface area contributed by atoms with Crippen molar-refractivity contribution >= 4 is 12.4 Å². The van der Waals surface area contributed by atoms with Gasteiger partial charge in [0.15, 0.2) is 0 Å². The summed E-state index contributed by atoms with van der Waals surface area (Å²) < 4.78 is 0. The molecule has 1 saturated heterocycles. The van der Waals surface area contributed by atoms with Crippen LogP contribution in [0.25, 0.3) is 0 Å². The molecule has 0 aliphatic carbocycles. The average Bonchev–Trinajstić information content (AvgIpc) is 1.57. The van der Waals surface area contributed by atoms with Crippen molar-refractivity contribution in [3.63, 3.8) is 0 Å². The number of hydrogen-bond donors (Lipinski definition) is 0. The van der Waals surface area contributed by atoms with Crippen LogP contribution in [0.5, 0.6) is 0 Å². The van der Waals surface area contributed by atoms with Gasteiger partial charge >= 0.3 is 0 Å². The van der Waals surface area contributed by atoms with Crippen LogP contribution in [0, 0.1) is 5.92 Å². The number of rotatable bonds is 1. The Morgan fingerprint density at radius 3 is 1.89 bits per heavy atom. The first-order chi connectivity index (χ1) is 3.70. The lowest BCUT2D eigenvalue weighted by atomic mass is 10.1. The van der Waals surface area contributed by atoms with E-state index in [1.54, 1.807) is 0 Å². The van der Waals surface area contributed by atoms with Gasteiger partial charge in [0, 0.05) is 27.2 Å². The fraction of sp³-hybridized carbons (Fsp3) is 1.00. The molecule has 2 nitrogen and oxygen atoms in total. The van der Waals surface area contributed by atoms with Gasteiger partial charge in [0.2, 0.25) is 0 Å². The Morgan fingerprint density at radius 1 is 1.33 bits per heavy atom. The van der Waals surface area contributed by atoms with Crippen LogP contribution in [0.1, 0.15) is 6.92 Å². The third kappa shape index (κ3) is 2.12. The summed E-state index contributed by atoms with van der Waals surface area (Å²) in [6.07, 6.45) is 0. The van der Waals surface area contributed by atoms with E-state index in [2.05, 4.69) is 31.0 Å². The molecule has 0 saturated carbocycles. The third-order valence-corrected chi connectivity index (χ3v) is 1.61. The molecule has 0 spiro atoms. The Kier molecular flexibility index (Phi) is 3.48. The van der Waals surface area contributed by atoms with E-state index in [0.717, 1.165) is 5.92 Å². The van der Waals surface area contributed by atoms with Crippen LogP contribution in [0.4, 0.5) is 0 Å². The van der Waals surface area contributed by atoms with Gasteiger partial charge in [-0.3, -0.25) is 0 Å². The summed E-state index contributed by atoms with van der Waals surface area (Å²) >= 11 is 0. The molecule has 56 valence electrons. The molecule has 3 heteroatoms. The van der Waals surface area contributed by atoms with E-state index >= 15 is 0 Å². The smallest absolute Gasteiger partial charge is 0.0171 e. The van der Waals surface area contributed by atoms with Gasteiger partial charge < -0.3 is 0 Å². The second kappa shape index (κ2) is 3.40. The first-order valence-electron chi connectivity index (χ1n) is 3.12. The molecule has 1 heterocycles. The van der Waals surface area contributed by atoms with E-state index in [-0.39, 0.29) is 12.4 Å². The molecule has 0 atom stereocenters. The topological polar surface area (TPSA) is 6.48 Å². The molecular weight excluding hydrogens is 136 g/mol. The Hall–Kier alpha value is 0.210. The average molecular weight is 151 g/mol. The molecular formula is C6H15ClN2. The summed E-state index contributed by atoms with van der Waals surface area (Å²) in [5, 5.41) is 4.48. The van der Waals surface area contributed by atoms with Crippen molar-refractivity contribution in [3.8, 4) is 0 Å². The Bertz CT molecular complexity index is 79.1. The zero-order chi connectivity index (χ0) is 6.15. The molecule has 0 aromatic rings. The molecule has 0 aromatic heterocycles. The summed E-state index contributed by atoms with van der Waals surface area (Å²) in [6.45, 7) is 4.76. The molecule has 1 rings (SSSR count). The first kappa shape index (κ1) is 9.21. The van der Waals surface area contributed by atoms with Crippen LogP contribution in [-0.2, 0) is 0 Å². The summed E-state index contributed by atoms with van der Waals surface area (Å²) in [4.78, 5) is 0. The van der Waals surface area contributed by atoms with Crippen LogP contribution in [0.2, 0.25) is 0 Å². The van der Waals surface area contributed by atoms with Gasteiger partial charge in [0.25, 0.3) is 0 Å². The van der Waals surface area contributed by atoms with Crippen molar-refractivity contribution in [2.45, 2.75) is 6.92 Å². The van der Waals surface area contributed by atoms with E-state index in [0.29, 0.717) is 0 Å². The highest BCUT2D eigenvalue weighted by atomic mass is 35.5. The van der Waals surface area contributed by atoms with Gasteiger partial charge in [0.1, 0.15) is 0 Å². The van der Waals surface area contributed by atoms with E-state index in [9.17, 15) is 0 Å². The summed E-state index contributed by atoms with van der Waals surface area (Å²) in [7, 11) is 4.18. The highest BCUT2D eigenvalue weighted by Crippen LogP contribution is 2.13. The van der Waals surface area contributed by atoms with E-state index in [1.165, 1.54) is 13.1 Å². The predicted octanol–water partition coefficient (Wildman–Crippen LogP) is 0.837. The standard InChI is InChI=1S/C6H14N2.ClH/c1-6-4-8(5-6)7(2)3;/h6H,4-5H2,1-3H3;1H. The molecule has 0 N–H and O–H groups in total. The minimum absolute atomic E-state index is 0. The van der Waals surface area contributed by atoms with Gasteiger partial charge in [-0.15, -0.1) is 12.4 Å². The van der Waals surface area contributed by atoms with Crippen molar-refractivity contribution < 1.29 is 0 Å². The van der Waals surface area contributed by atoms with E-state index < -0.39 is 0 Å². The van der Waals surface area contributed by atoms with Crippen molar-refractivity contribution in [3.05, 3.63) is 0 Å². The maximum absolute atomic E-state index is 2.32. The van der Waals surface area contributed by atoms with E-state index in [1.807, 2.05) is 0 Å². The normalized spacial score (nSPS) is 21.3. The van der Waals surface area contributed by atoms with Gasteiger partial charge in [-0.1, -0.05) is 6.92 Å². The number of halogens is 1. The van der Waals surface area contributed by atoms with Crippen LogP contribution >= 0.6 is 12.4 Å². The lowest BCUT2D eigenvalue weighted by Crippen LogP contribution is -2.52. The largest absolute Gasteiger partial charge is 0.248 e. The summed E-state index contributed by atoms with van der Waals surface area (Å²) in [6, 6.07) is 0. The van der Waals surface area contributed by atoms with Crippen molar-refractivity contribution in [2.75, 3.05) is 27.2 Å². The Morgan fingerprint density at radius 2 is 1.78 bits per heavy atom. The minimum atomic E-state index is 0. The molecule has 1 fully saturated rings. The lowest BCUT2D eigenvalue weighted by molar-refractivity contribution is -0.0649. The molecule has 0 aromatic carbocycles. The maximum atomic E-state index is 2.32. The van der Waals surface area contributed by atoms with Crippen LogP contribution < -0.4 is 0 Å². The minimum Gasteiger partial charge on any atom is -0.248 e. The lowest BCUT2D eigenvalue weighted by Gasteiger charge is -2.41. The van der Waals surface area contributed by atoms with Crippen LogP contribution in [0.15, 0.2) is 0 Å². The quantitative estimate of drug-likeness (QED) is 0.547. The number of nitrogens with zero attached hydrogens (tertiary/aromatic N) is 2. The Balaban J connectivity index is 0.000000640.